The van der Waals surface area contributed by atoms with Gasteiger partial charge in [0, 0.05) is 29.9 Å². The first-order chi connectivity index (χ1) is 10.9. The standard InChI is InChI=1S/C18H22N2O3/c1-20-7-6-18-9-11(21)3-5-13(18)14(20)8-10-2-4-12(17(19)23)16(22)15(10)18/h2,4,13-14,22H,3,5-9H2,1H3,(H2,19,23). The Bertz CT molecular complexity index is 714. The van der Waals surface area contributed by atoms with Crippen LogP contribution in [0.15, 0.2) is 12.1 Å². The summed E-state index contributed by atoms with van der Waals surface area (Å²) in [4.78, 5) is 26.3. The second-order valence-corrected chi connectivity index (χ2v) is 7.38. The number of piperidine rings is 1. The number of phenols is 1. The number of carbonyl (C=O) groups excluding carboxylic acids is 2. The molecule has 0 aromatic heterocycles. The molecule has 2 bridgehead atoms. The Balaban J connectivity index is 1.97. The number of aromatic hydroxyl groups is 1. The predicted octanol–water partition coefficient (Wildman–Crippen LogP) is 1.36. The van der Waals surface area contributed by atoms with Crippen LogP contribution in [-0.2, 0) is 16.6 Å². The molecule has 23 heavy (non-hydrogen) atoms. The molecule has 3 unspecified atom stereocenters. The van der Waals surface area contributed by atoms with Gasteiger partial charge in [-0.3, -0.25) is 9.59 Å². The van der Waals surface area contributed by atoms with Gasteiger partial charge in [-0.05, 0) is 50.4 Å². The van der Waals surface area contributed by atoms with Crippen LogP contribution in [0.2, 0.25) is 0 Å². The fourth-order valence-corrected chi connectivity index (χ4v) is 5.33. The number of likely N-dealkylation sites (tertiary alicyclic amines) is 1. The zero-order valence-electron chi connectivity index (χ0n) is 13.3. The lowest BCUT2D eigenvalue weighted by molar-refractivity contribution is -0.126. The second-order valence-electron chi connectivity index (χ2n) is 7.38. The maximum atomic E-state index is 12.2. The summed E-state index contributed by atoms with van der Waals surface area (Å²) >= 11 is 0. The topological polar surface area (TPSA) is 83.6 Å². The Hall–Kier alpha value is -1.88. The molecule has 2 aliphatic carbocycles. The van der Waals surface area contributed by atoms with Crippen LogP contribution in [0.4, 0.5) is 0 Å². The van der Waals surface area contributed by atoms with Gasteiger partial charge in [-0.15, -0.1) is 0 Å². The van der Waals surface area contributed by atoms with Crippen LogP contribution in [0.1, 0.15) is 47.2 Å². The summed E-state index contributed by atoms with van der Waals surface area (Å²) in [6.45, 7) is 0.911. The summed E-state index contributed by atoms with van der Waals surface area (Å²) in [5.74, 6) is 0.0231. The summed E-state index contributed by atoms with van der Waals surface area (Å²) in [5, 5.41) is 10.8. The summed E-state index contributed by atoms with van der Waals surface area (Å²) in [6, 6.07) is 3.94. The molecule has 1 saturated heterocycles. The van der Waals surface area contributed by atoms with Crippen molar-refractivity contribution >= 4 is 11.7 Å². The van der Waals surface area contributed by atoms with E-state index in [2.05, 4.69) is 11.9 Å². The molecule has 3 N–H and O–H groups in total. The second kappa shape index (κ2) is 4.81. The quantitative estimate of drug-likeness (QED) is 0.820. The number of carbonyl (C=O) groups is 2. The Labute approximate surface area is 135 Å². The minimum atomic E-state index is -0.615. The number of nitrogens with zero attached hydrogens (tertiary/aromatic N) is 1. The largest absolute Gasteiger partial charge is 0.507 e. The third kappa shape index (κ3) is 1.89. The fraction of sp³-hybridized carbons (Fsp3) is 0.556. The van der Waals surface area contributed by atoms with Crippen LogP contribution in [0.25, 0.3) is 0 Å². The van der Waals surface area contributed by atoms with Crippen LogP contribution in [0, 0.1) is 5.92 Å². The lowest BCUT2D eigenvalue weighted by atomic mass is 9.52. The Kier molecular flexibility index (Phi) is 3.07. The van der Waals surface area contributed by atoms with Gasteiger partial charge in [0.25, 0.3) is 5.91 Å². The summed E-state index contributed by atoms with van der Waals surface area (Å²) < 4.78 is 0. The molecule has 1 saturated carbocycles. The molecular formula is C18H22N2O3. The van der Waals surface area contributed by atoms with Gasteiger partial charge in [-0.1, -0.05) is 6.07 Å². The first-order valence-electron chi connectivity index (χ1n) is 8.31. The molecule has 122 valence electrons. The van der Waals surface area contributed by atoms with E-state index >= 15 is 0 Å². The molecule has 1 aliphatic heterocycles. The van der Waals surface area contributed by atoms with Crippen LogP contribution in [-0.4, -0.2) is 41.3 Å². The fourth-order valence-electron chi connectivity index (χ4n) is 5.33. The van der Waals surface area contributed by atoms with Gasteiger partial charge in [-0.2, -0.15) is 0 Å². The number of ketones is 1. The van der Waals surface area contributed by atoms with E-state index in [4.69, 9.17) is 5.73 Å². The summed E-state index contributed by atoms with van der Waals surface area (Å²) in [7, 11) is 2.15. The summed E-state index contributed by atoms with van der Waals surface area (Å²) in [5.41, 5.74) is 7.16. The number of likely N-dealkylation sites (N-methyl/N-ethyl adjacent to an activating group) is 1. The van der Waals surface area contributed by atoms with E-state index in [1.165, 1.54) is 0 Å². The van der Waals surface area contributed by atoms with Gasteiger partial charge in [0.15, 0.2) is 0 Å². The van der Waals surface area contributed by atoms with Gasteiger partial charge >= 0.3 is 0 Å². The first kappa shape index (κ1) is 14.7. The molecule has 1 aromatic carbocycles. The number of Topliss-reactive ketones (excluding diaryl/α,β-unsaturated/α-hetero) is 1. The zero-order valence-corrected chi connectivity index (χ0v) is 13.3. The van der Waals surface area contributed by atoms with Crippen molar-refractivity contribution in [3.8, 4) is 5.75 Å². The Morgan fingerprint density at radius 3 is 2.96 bits per heavy atom. The number of rotatable bonds is 1. The predicted molar refractivity (Wildman–Crippen MR) is 85.4 cm³/mol. The van der Waals surface area contributed by atoms with E-state index in [9.17, 15) is 14.7 Å². The number of amides is 1. The molecule has 5 heteroatoms. The normalized spacial score (nSPS) is 33.0. The van der Waals surface area contributed by atoms with E-state index < -0.39 is 5.91 Å². The summed E-state index contributed by atoms with van der Waals surface area (Å²) in [6.07, 6.45) is 3.68. The third-order valence-electron chi connectivity index (χ3n) is 6.35. The lowest BCUT2D eigenvalue weighted by Crippen LogP contribution is -2.61. The number of hydrogen-bond donors (Lipinski definition) is 2. The van der Waals surface area contributed by atoms with Gasteiger partial charge in [0.05, 0.1) is 5.56 Å². The molecule has 1 heterocycles. The molecule has 2 fully saturated rings. The van der Waals surface area contributed by atoms with Crippen LogP contribution in [0.3, 0.4) is 0 Å². The highest BCUT2D eigenvalue weighted by atomic mass is 16.3. The van der Waals surface area contributed by atoms with Crippen LogP contribution >= 0.6 is 0 Å². The number of benzene rings is 1. The zero-order chi connectivity index (χ0) is 16.4. The van der Waals surface area contributed by atoms with Crippen molar-refractivity contribution in [1.82, 2.24) is 4.90 Å². The van der Waals surface area contributed by atoms with E-state index in [0.717, 1.165) is 36.9 Å². The average Bonchev–Trinajstić information content (AvgIpc) is 2.50. The van der Waals surface area contributed by atoms with Crippen molar-refractivity contribution < 1.29 is 14.7 Å². The van der Waals surface area contributed by atoms with Crippen molar-refractivity contribution in [2.75, 3.05) is 13.6 Å². The molecule has 0 radical (unpaired) electrons. The van der Waals surface area contributed by atoms with Gasteiger partial charge in [0.2, 0.25) is 0 Å². The molecule has 4 rings (SSSR count). The van der Waals surface area contributed by atoms with Gasteiger partial charge in [0.1, 0.15) is 11.5 Å². The van der Waals surface area contributed by atoms with Crippen LogP contribution < -0.4 is 5.73 Å². The van der Waals surface area contributed by atoms with E-state index in [1.54, 1.807) is 6.07 Å². The minimum Gasteiger partial charge on any atom is -0.507 e. The van der Waals surface area contributed by atoms with E-state index in [1.807, 2.05) is 6.07 Å². The molecule has 0 spiro atoms. The van der Waals surface area contributed by atoms with Crippen molar-refractivity contribution in [3.05, 3.63) is 28.8 Å². The smallest absolute Gasteiger partial charge is 0.252 e. The SMILES string of the molecule is CN1CCC23CC(=O)CCC2C1Cc1ccc(C(N)=O)c(O)c13. The lowest BCUT2D eigenvalue weighted by Gasteiger charge is -2.58. The van der Waals surface area contributed by atoms with Gasteiger partial charge in [-0.25, -0.2) is 0 Å². The molecule has 1 amide bonds. The highest BCUT2D eigenvalue weighted by Gasteiger charge is 2.56. The van der Waals surface area contributed by atoms with Crippen molar-refractivity contribution in [2.45, 2.75) is 43.6 Å². The molecular weight excluding hydrogens is 292 g/mol. The van der Waals surface area contributed by atoms with E-state index in [0.29, 0.717) is 24.8 Å². The number of hydrogen-bond acceptors (Lipinski definition) is 4. The Morgan fingerprint density at radius 2 is 2.22 bits per heavy atom. The Morgan fingerprint density at radius 1 is 1.43 bits per heavy atom. The van der Waals surface area contributed by atoms with Crippen molar-refractivity contribution in [1.29, 1.82) is 0 Å². The maximum Gasteiger partial charge on any atom is 0.252 e. The number of nitrogens with two attached hydrogens (primary N) is 1. The third-order valence-corrected chi connectivity index (χ3v) is 6.35. The highest BCUT2D eigenvalue weighted by Crippen LogP contribution is 2.57. The van der Waals surface area contributed by atoms with E-state index in [-0.39, 0.29) is 22.5 Å². The van der Waals surface area contributed by atoms with Gasteiger partial charge < -0.3 is 15.7 Å². The van der Waals surface area contributed by atoms with Crippen molar-refractivity contribution in [2.24, 2.45) is 11.7 Å². The first-order valence-corrected chi connectivity index (χ1v) is 8.31. The monoisotopic (exact) mass is 314 g/mol. The molecule has 3 aliphatic rings. The minimum absolute atomic E-state index is 0.0118. The average molecular weight is 314 g/mol. The highest BCUT2D eigenvalue weighted by molar-refractivity contribution is 5.96. The molecule has 5 nitrogen and oxygen atoms in total. The van der Waals surface area contributed by atoms with Crippen LogP contribution in [0.5, 0.6) is 5.75 Å². The van der Waals surface area contributed by atoms with Crippen molar-refractivity contribution in [3.63, 3.8) is 0 Å². The molecule has 1 aromatic rings. The number of fused-ring (bicyclic) bond motifs is 1. The number of primary amides is 1. The maximum absolute atomic E-state index is 12.2. The molecule has 3 atom stereocenters.